The maximum absolute atomic E-state index is 2.45. The molecule has 0 aliphatic heterocycles. The van der Waals surface area contributed by atoms with E-state index in [9.17, 15) is 0 Å². The lowest BCUT2D eigenvalue weighted by molar-refractivity contribution is 0.403. The number of hydrogen-bond acceptors (Lipinski definition) is 1. The van der Waals surface area contributed by atoms with Gasteiger partial charge < -0.3 is 4.90 Å². The van der Waals surface area contributed by atoms with Crippen LogP contribution in [-0.2, 0) is 6.42 Å². The number of rotatable bonds is 9. The third-order valence-corrected chi connectivity index (χ3v) is 4.10. The summed E-state index contributed by atoms with van der Waals surface area (Å²) in [5, 5.41) is 0. The second-order valence-electron chi connectivity index (χ2n) is 6.38. The van der Waals surface area contributed by atoms with Crippen LogP contribution < -0.4 is 0 Å². The molecule has 2 rings (SSSR count). The van der Waals surface area contributed by atoms with E-state index in [4.69, 9.17) is 0 Å². The average molecular weight is 307 g/mol. The van der Waals surface area contributed by atoms with Gasteiger partial charge in [-0.25, -0.2) is 0 Å². The minimum Gasteiger partial charge on any atom is -0.309 e. The van der Waals surface area contributed by atoms with Crippen LogP contribution in [0.25, 0.3) is 5.57 Å². The molecule has 23 heavy (non-hydrogen) atoms. The van der Waals surface area contributed by atoms with Crippen LogP contribution in [0, 0.1) is 0 Å². The molecule has 0 heterocycles. The van der Waals surface area contributed by atoms with Crippen LogP contribution in [0.5, 0.6) is 0 Å². The lowest BCUT2D eigenvalue weighted by Crippen LogP contribution is -2.12. The van der Waals surface area contributed by atoms with Gasteiger partial charge in [0.2, 0.25) is 0 Å². The lowest BCUT2D eigenvalue weighted by atomic mass is 9.98. The van der Waals surface area contributed by atoms with Gasteiger partial charge in [0.1, 0.15) is 0 Å². The first-order valence-corrected chi connectivity index (χ1v) is 8.69. The number of benzene rings is 2. The Morgan fingerprint density at radius 2 is 1.52 bits per heavy atom. The Hall–Kier alpha value is -1.86. The van der Waals surface area contributed by atoms with Crippen molar-refractivity contribution >= 4 is 5.57 Å². The molecule has 0 bridgehead atoms. The van der Waals surface area contributed by atoms with Crippen molar-refractivity contribution in [2.45, 2.75) is 32.1 Å². The van der Waals surface area contributed by atoms with E-state index >= 15 is 0 Å². The molecule has 122 valence electrons. The van der Waals surface area contributed by atoms with Gasteiger partial charge in [0.25, 0.3) is 0 Å². The largest absolute Gasteiger partial charge is 0.309 e. The molecule has 2 aromatic carbocycles. The zero-order valence-corrected chi connectivity index (χ0v) is 14.5. The molecule has 0 radical (unpaired) electrons. The predicted molar refractivity (Wildman–Crippen MR) is 102 cm³/mol. The summed E-state index contributed by atoms with van der Waals surface area (Å²) >= 11 is 0. The molecule has 0 N–H and O–H groups in total. The second-order valence-corrected chi connectivity index (χ2v) is 6.38. The summed E-state index contributed by atoms with van der Waals surface area (Å²) in [5.41, 5.74) is 4.32. The summed E-state index contributed by atoms with van der Waals surface area (Å²) in [6, 6.07) is 21.6. The van der Waals surface area contributed by atoms with E-state index in [0.29, 0.717) is 0 Å². The van der Waals surface area contributed by atoms with Gasteiger partial charge in [0.15, 0.2) is 0 Å². The Morgan fingerprint density at radius 1 is 0.870 bits per heavy atom. The van der Waals surface area contributed by atoms with Crippen molar-refractivity contribution in [2.75, 3.05) is 20.6 Å². The van der Waals surface area contributed by atoms with Gasteiger partial charge in [0, 0.05) is 0 Å². The van der Waals surface area contributed by atoms with E-state index in [1.165, 1.54) is 29.5 Å². The molecule has 0 atom stereocenters. The first-order valence-electron chi connectivity index (χ1n) is 8.69. The summed E-state index contributed by atoms with van der Waals surface area (Å²) in [4.78, 5) is 2.26. The Kier molecular flexibility index (Phi) is 7.62. The van der Waals surface area contributed by atoms with Crippen molar-refractivity contribution < 1.29 is 0 Å². The second kappa shape index (κ2) is 10.0. The molecule has 0 fully saturated rings. The van der Waals surface area contributed by atoms with Crippen LogP contribution in [0.2, 0.25) is 0 Å². The number of hydrogen-bond donors (Lipinski definition) is 0. The standard InChI is InChI=1S/C22H29N/c1-23(2)19-11-18-22(21-15-7-4-8-16-21)17-10-9-14-20-12-5-3-6-13-20/h3-8,12-13,15-17H,9-11,14,18-19H2,1-2H3. The minimum atomic E-state index is 1.15. The smallest absolute Gasteiger partial charge is 0.00217 e. The van der Waals surface area contributed by atoms with E-state index in [0.717, 1.165) is 25.8 Å². The SMILES string of the molecule is CN(C)CCCC(=CCCCc1ccccc1)c1ccccc1. The van der Waals surface area contributed by atoms with E-state index in [1.54, 1.807) is 0 Å². The molecule has 0 aliphatic carbocycles. The highest BCUT2D eigenvalue weighted by Gasteiger charge is 2.02. The molecular formula is C22H29N. The quantitative estimate of drug-likeness (QED) is 0.558. The third-order valence-electron chi connectivity index (χ3n) is 4.10. The molecule has 1 heteroatoms. The van der Waals surface area contributed by atoms with Crippen LogP contribution in [0.3, 0.4) is 0 Å². The van der Waals surface area contributed by atoms with Crippen LogP contribution >= 0.6 is 0 Å². The lowest BCUT2D eigenvalue weighted by Gasteiger charge is -2.12. The van der Waals surface area contributed by atoms with Crippen LogP contribution in [-0.4, -0.2) is 25.5 Å². The summed E-state index contributed by atoms with van der Waals surface area (Å²) < 4.78 is 0. The summed E-state index contributed by atoms with van der Waals surface area (Å²) in [6.45, 7) is 1.15. The molecule has 0 saturated heterocycles. The fourth-order valence-corrected chi connectivity index (χ4v) is 2.83. The normalized spacial score (nSPS) is 11.9. The third kappa shape index (κ3) is 6.83. The fraction of sp³-hybridized carbons (Fsp3) is 0.364. The summed E-state index contributed by atoms with van der Waals surface area (Å²) in [5.74, 6) is 0. The highest BCUT2D eigenvalue weighted by molar-refractivity contribution is 5.65. The molecule has 1 nitrogen and oxygen atoms in total. The Labute approximate surface area is 141 Å². The molecule has 2 aromatic rings. The van der Waals surface area contributed by atoms with Gasteiger partial charge in [0.05, 0.1) is 0 Å². The zero-order valence-electron chi connectivity index (χ0n) is 14.5. The van der Waals surface area contributed by atoms with E-state index in [2.05, 4.69) is 85.7 Å². The first kappa shape index (κ1) is 17.5. The molecule has 0 amide bonds. The summed E-state index contributed by atoms with van der Waals surface area (Å²) in [7, 11) is 4.29. The molecule has 0 saturated carbocycles. The summed E-state index contributed by atoms with van der Waals surface area (Å²) in [6.07, 6.45) is 8.36. The van der Waals surface area contributed by atoms with Crippen molar-refractivity contribution in [3.63, 3.8) is 0 Å². The van der Waals surface area contributed by atoms with E-state index in [1.807, 2.05) is 0 Å². The predicted octanol–water partition coefficient (Wildman–Crippen LogP) is 5.43. The Morgan fingerprint density at radius 3 is 2.17 bits per heavy atom. The van der Waals surface area contributed by atoms with Gasteiger partial charge in [-0.05, 0) is 69.4 Å². The maximum atomic E-state index is 2.45. The van der Waals surface area contributed by atoms with Gasteiger partial charge in [-0.3, -0.25) is 0 Å². The van der Waals surface area contributed by atoms with Crippen molar-refractivity contribution in [3.8, 4) is 0 Å². The van der Waals surface area contributed by atoms with Crippen molar-refractivity contribution in [1.29, 1.82) is 0 Å². The minimum absolute atomic E-state index is 1.15. The number of allylic oxidation sites excluding steroid dienone is 2. The van der Waals surface area contributed by atoms with Crippen molar-refractivity contribution in [3.05, 3.63) is 77.9 Å². The zero-order chi connectivity index (χ0) is 16.3. The Bertz CT molecular complexity index is 569. The molecule has 0 unspecified atom stereocenters. The molecule has 0 aromatic heterocycles. The maximum Gasteiger partial charge on any atom is -0.00217 e. The van der Waals surface area contributed by atoms with Crippen LogP contribution in [0.4, 0.5) is 0 Å². The highest BCUT2D eigenvalue weighted by atomic mass is 15.0. The van der Waals surface area contributed by atoms with E-state index in [-0.39, 0.29) is 0 Å². The molecule has 0 aliphatic rings. The van der Waals surface area contributed by atoms with Crippen molar-refractivity contribution in [1.82, 2.24) is 4.90 Å². The van der Waals surface area contributed by atoms with Crippen LogP contribution in [0.15, 0.2) is 66.7 Å². The van der Waals surface area contributed by atoms with Gasteiger partial charge in [-0.15, -0.1) is 0 Å². The van der Waals surface area contributed by atoms with E-state index < -0.39 is 0 Å². The monoisotopic (exact) mass is 307 g/mol. The van der Waals surface area contributed by atoms with Gasteiger partial charge in [-0.2, -0.15) is 0 Å². The Balaban J connectivity index is 1.90. The highest BCUT2D eigenvalue weighted by Crippen LogP contribution is 2.21. The first-order chi connectivity index (χ1) is 11.3. The van der Waals surface area contributed by atoms with Gasteiger partial charge >= 0.3 is 0 Å². The average Bonchev–Trinajstić information content (AvgIpc) is 2.58. The number of nitrogens with zero attached hydrogens (tertiary/aromatic N) is 1. The van der Waals surface area contributed by atoms with Crippen molar-refractivity contribution in [2.24, 2.45) is 0 Å². The topological polar surface area (TPSA) is 3.24 Å². The fourth-order valence-electron chi connectivity index (χ4n) is 2.83. The number of unbranched alkanes of at least 4 members (excludes halogenated alkanes) is 1. The molecule has 0 spiro atoms. The number of aryl methyl sites for hydroxylation is 1. The molecular weight excluding hydrogens is 278 g/mol. The van der Waals surface area contributed by atoms with Gasteiger partial charge in [-0.1, -0.05) is 66.7 Å². The van der Waals surface area contributed by atoms with Crippen LogP contribution in [0.1, 0.15) is 36.8 Å².